The van der Waals surface area contributed by atoms with Crippen molar-refractivity contribution in [2.24, 2.45) is 5.73 Å². The first kappa shape index (κ1) is 20.4. The van der Waals surface area contributed by atoms with Crippen molar-refractivity contribution in [3.8, 4) is 5.75 Å². The smallest absolute Gasteiger partial charge is 0.309 e. The molecule has 0 saturated heterocycles. The van der Waals surface area contributed by atoms with Gasteiger partial charge >= 0.3 is 5.97 Å². The van der Waals surface area contributed by atoms with Gasteiger partial charge in [-0.1, -0.05) is 18.2 Å². The number of nitrogens with two attached hydrogens (primary N) is 1. The number of carbonyl (C=O) groups is 2. The number of ether oxygens (including phenoxy) is 2. The van der Waals surface area contributed by atoms with Gasteiger partial charge in [0.25, 0.3) is 0 Å². The number of nitrogens with one attached hydrogen (secondary N) is 1. The molecule has 144 valence electrons. The Morgan fingerprint density at radius 1 is 1.15 bits per heavy atom. The summed E-state index contributed by atoms with van der Waals surface area (Å²) in [7, 11) is 1.32. The average Bonchev–Trinajstić information content (AvgIpc) is 2.66. The van der Waals surface area contributed by atoms with Crippen molar-refractivity contribution < 1.29 is 23.5 Å². The first-order chi connectivity index (χ1) is 12.9. The van der Waals surface area contributed by atoms with Crippen molar-refractivity contribution in [2.75, 3.05) is 7.11 Å². The topological polar surface area (TPSA) is 90.7 Å². The predicted octanol–water partition coefficient (Wildman–Crippen LogP) is 2.08. The summed E-state index contributed by atoms with van der Waals surface area (Å²) < 4.78 is 23.4. The first-order valence-electron chi connectivity index (χ1n) is 8.47. The van der Waals surface area contributed by atoms with E-state index in [1.54, 1.807) is 31.2 Å². The average molecular weight is 374 g/mol. The van der Waals surface area contributed by atoms with Crippen LogP contribution in [0.2, 0.25) is 0 Å². The number of halogens is 1. The lowest BCUT2D eigenvalue weighted by Gasteiger charge is -2.15. The maximum Gasteiger partial charge on any atom is 0.309 e. The quantitative estimate of drug-likeness (QED) is 0.656. The van der Waals surface area contributed by atoms with Crippen molar-refractivity contribution in [1.82, 2.24) is 5.32 Å². The number of rotatable bonds is 9. The van der Waals surface area contributed by atoms with E-state index < -0.39 is 11.9 Å². The fourth-order valence-electron chi connectivity index (χ4n) is 2.37. The van der Waals surface area contributed by atoms with Crippen LogP contribution in [-0.4, -0.2) is 25.0 Å². The SMILES string of the molecule is COC(=O)Cc1cc(OCc2ccc(F)cc2)ccc1CN[C@H](C)C(N)=O. The number of amides is 1. The van der Waals surface area contributed by atoms with Crippen LogP contribution in [0, 0.1) is 5.82 Å². The summed E-state index contributed by atoms with van der Waals surface area (Å²) in [6.45, 7) is 2.31. The zero-order valence-corrected chi connectivity index (χ0v) is 15.3. The maximum absolute atomic E-state index is 13.0. The minimum Gasteiger partial charge on any atom is -0.489 e. The Morgan fingerprint density at radius 2 is 1.85 bits per heavy atom. The Morgan fingerprint density at radius 3 is 2.48 bits per heavy atom. The van der Waals surface area contributed by atoms with Gasteiger partial charge in [0.15, 0.2) is 0 Å². The Hall–Kier alpha value is -2.93. The number of hydrogen-bond donors (Lipinski definition) is 2. The second-order valence-corrected chi connectivity index (χ2v) is 6.10. The predicted molar refractivity (Wildman–Crippen MR) is 98.4 cm³/mol. The number of esters is 1. The van der Waals surface area contributed by atoms with Gasteiger partial charge in [0.2, 0.25) is 5.91 Å². The highest BCUT2D eigenvalue weighted by Crippen LogP contribution is 2.20. The Labute approximate surface area is 157 Å². The van der Waals surface area contributed by atoms with E-state index in [9.17, 15) is 14.0 Å². The van der Waals surface area contributed by atoms with Gasteiger partial charge < -0.3 is 20.5 Å². The molecule has 0 unspecified atom stereocenters. The van der Waals surface area contributed by atoms with Gasteiger partial charge in [-0.2, -0.15) is 0 Å². The van der Waals surface area contributed by atoms with E-state index in [2.05, 4.69) is 5.32 Å². The number of methoxy groups -OCH3 is 1. The molecule has 6 nitrogen and oxygen atoms in total. The normalized spacial score (nSPS) is 11.7. The van der Waals surface area contributed by atoms with Crippen molar-refractivity contribution in [1.29, 1.82) is 0 Å². The van der Waals surface area contributed by atoms with Crippen LogP contribution in [0.3, 0.4) is 0 Å². The lowest BCUT2D eigenvalue weighted by molar-refractivity contribution is -0.139. The molecular weight excluding hydrogens is 351 g/mol. The van der Waals surface area contributed by atoms with Crippen molar-refractivity contribution in [3.63, 3.8) is 0 Å². The van der Waals surface area contributed by atoms with Crippen LogP contribution in [0.5, 0.6) is 5.75 Å². The number of carbonyl (C=O) groups excluding carboxylic acids is 2. The third-order valence-corrected chi connectivity index (χ3v) is 4.08. The first-order valence-corrected chi connectivity index (χ1v) is 8.47. The molecule has 0 radical (unpaired) electrons. The standard InChI is InChI=1S/C20H23FN2O4/c1-13(20(22)25)23-11-15-5-8-18(9-16(15)10-19(24)26-2)27-12-14-3-6-17(21)7-4-14/h3-9,13,23H,10-12H2,1-2H3,(H2,22,25)/t13-/m1/s1. The fourth-order valence-corrected chi connectivity index (χ4v) is 2.37. The molecule has 0 spiro atoms. The highest BCUT2D eigenvalue weighted by atomic mass is 19.1. The molecule has 0 aromatic heterocycles. The highest BCUT2D eigenvalue weighted by Gasteiger charge is 2.13. The summed E-state index contributed by atoms with van der Waals surface area (Å²) in [5.41, 5.74) is 7.64. The van der Waals surface area contributed by atoms with Gasteiger partial charge in [-0.05, 0) is 47.9 Å². The van der Waals surface area contributed by atoms with Crippen LogP contribution in [0.15, 0.2) is 42.5 Å². The molecule has 0 saturated carbocycles. The highest BCUT2D eigenvalue weighted by molar-refractivity contribution is 5.79. The van der Waals surface area contributed by atoms with E-state index in [0.29, 0.717) is 12.3 Å². The van der Waals surface area contributed by atoms with Crippen molar-refractivity contribution in [3.05, 3.63) is 65.0 Å². The van der Waals surface area contributed by atoms with Crippen molar-refractivity contribution in [2.45, 2.75) is 32.5 Å². The fraction of sp³-hybridized carbons (Fsp3) is 0.300. The van der Waals surface area contributed by atoms with Gasteiger partial charge in [0.05, 0.1) is 19.6 Å². The lowest BCUT2D eigenvalue weighted by Crippen LogP contribution is -2.38. The largest absolute Gasteiger partial charge is 0.489 e. The molecule has 0 aliphatic heterocycles. The molecule has 2 aromatic rings. The lowest BCUT2D eigenvalue weighted by atomic mass is 10.0. The van der Waals surface area contributed by atoms with Gasteiger partial charge in [0, 0.05) is 6.54 Å². The summed E-state index contributed by atoms with van der Waals surface area (Å²) in [5.74, 6) is -0.565. The zero-order valence-electron chi connectivity index (χ0n) is 15.3. The van der Waals surface area contributed by atoms with Crippen LogP contribution in [0.4, 0.5) is 4.39 Å². The molecular formula is C20H23FN2O4. The molecule has 2 rings (SSSR count). The Balaban J connectivity index is 2.11. The summed E-state index contributed by atoms with van der Waals surface area (Å²) in [6, 6.07) is 10.9. The van der Waals surface area contributed by atoms with E-state index >= 15 is 0 Å². The summed E-state index contributed by atoms with van der Waals surface area (Å²) in [5, 5.41) is 3.01. The summed E-state index contributed by atoms with van der Waals surface area (Å²) >= 11 is 0. The van der Waals surface area contributed by atoms with Crippen LogP contribution >= 0.6 is 0 Å². The monoisotopic (exact) mass is 374 g/mol. The van der Waals surface area contributed by atoms with E-state index in [1.807, 2.05) is 6.07 Å². The van der Waals surface area contributed by atoms with Gasteiger partial charge in [-0.25, -0.2) is 4.39 Å². The molecule has 0 bridgehead atoms. The minimum absolute atomic E-state index is 0.0756. The van der Waals surface area contributed by atoms with Gasteiger partial charge in [-0.15, -0.1) is 0 Å². The molecule has 0 heterocycles. The second-order valence-electron chi connectivity index (χ2n) is 6.10. The molecule has 27 heavy (non-hydrogen) atoms. The Bertz CT molecular complexity index is 793. The molecule has 0 aliphatic carbocycles. The molecule has 0 aliphatic rings. The van der Waals surface area contributed by atoms with E-state index in [0.717, 1.165) is 16.7 Å². The molecule has 1 atom stereocenters. The summed E-state index contributed by atoms with van der Waals surface area (Å²) in [6.07, 6.45) is 0.0756. The van der Waals surface area contributed by atoms with Crippen molar-refractivity contribution >= 4 is 11.9 Å². The van der Waals surface area contributed by atoms with Crippen LogP contribution in [0.25, 0.3) is 0 Å². The van der Waals surface area contributed by atoms with E-state index in [-0.39, 0.29) is 24.8 Å². The third-order valence-electron chi connectivity index (χ3n) is 4.08. The van der Waals surface area contributed by atoms with E-state index in [4.69, 9.17) is 15.2 Å². The second kappa shape index (κ2) is 9.68. The maximum atomic E-state index is 13.0. The van der Waals surface area contributed by atoms with Crippen LogP contribution in [-0.2, 0) is 33.9 Å². The van der Waals surface area contributed by atoms with E-state index in [1.165, 1.54) is 19.2 Å². The third kappa shape index (κ3) is 6.38. The van der Waals surface area contributed by atoms with Gasteiger partial charge in [0.1, 0.15) is 18.2 Å². The minimum atomic E-state index is -0.495. The number of primary amides is 1. The van der Waals surface area contributed by atoms with Crippen LogP contribution < -0.4 is 15.8 Å². The molecule has 3 N–H and O–H groups in total. The molecule has 1 amide bonds. The number of benzene rings is 2. The number of hydrogen-bond acceptors (Lipinski definition) is 5. The molecule has 2 aromatic carbocycles. The van der Waals surface area contributed by atoms with Crippen LogP contribution in [0.1, 0.15) is 23.6 Å². The van der Waals surface area contributed by atoms with Gasteiger partial charge in [-0.3, -0.25) is 9.59 Å². The summed E-state index contributed by atoms with van der Waals surface area (Å²) in [4.78, 5) is 22.9. The molecule has 0 fully saturated rings. The zero-order chi connectivity index (χ0) is 19.8. The Kier molecular flexibility index (Phi) is 7.31. The molecule has 7 heteroatoms.